The summed E-state index contributed by atoms with van der Waals surface area (Å²) in [6.07, 6.45) is 5.12. The van der Waals surface area contributed by atoms with Crippen molar-refractivity contribution in [1.82, 2.24) is 4.90 Å². The van der Waals surface area contributed by atoms with Crippen molar-refractivity contribution < 1.29 is 4.74 Å². The minimum Gasteiger partial charge on any atom is -0.381 e. The SMILES string of the molecule is CCC1CCCN1C(C)(CN)C1CCOC1. The molecule has 0 saturated carbocycles. The van der Waals surface area contributed by atoms with E-state index in [2.05, 4.69) is 18.7 Å². The second-order valence-corrected chi connectivity index (χ2v) is 5.52. The third-order valence-electron chi connectivity index (χ3n) is 4.73. The Hall–Kier alpha value is -0.120. The van der Waals surface area contributed by atoms with Crippen molar-refractivity contribution in [2.45, 2.75) is 51.1 Å². The van der Waals surface area contributed by atoms with Crippen LogP contribution < -0.4 is 5.73 Å². The van der Waals surface area contributed by atoms with Gasteiger partial charge in [-0.15, -0.1) is 0 Å². The molecule has 2 aliphatic heterocycles. The molecule has 0 aromatic carbocycles. The van der Waals surface area contributed by atoms with Crippen LogP contribution in [0.15, 0.2) is 0 Å². The van der Waals surface area contributed by atoms with E-state index in [1.165, 1.54) is 32.2 Å². The zero-order valence-corrected chi connectivity index (χ0v) is 10.7. The third kappa shape index (κ3) is 2.01. The average molecular weight is 226 g/mol. The normalized spacial score (nSPS) is 35.4. The molecule has 3 atom stereocenters. The smallest absolute Gasteiger partial charge is 0.0513 e. The molecule has 0 aromatic rings. The Morgan fingerprint density at radius 3 is 2.81 bits per heavy atom. The van der Waals surface area contributed by atoms with Crippen LogP contribution in [-0.4, -0.2) is 42.8 Å². The minimum absolute atomic E-state index is 0.160. The van der Waals surface area contributed by atoms with Crippen molar-refractivity contribution in [3.63, 3.8) is 0 Å². The fourth-order valence-corrected chi connectivity index (χ4v) is 3.48. The second kappa shape index (κ2) is 5.03. The van der Waals surface area contributed by atoms with Gasteiger partial charge in [0.1, 0.15) is 0 Å². The van der Waals surface area contributed by atoms with Gasteiger partial charge in [-0.3, -0.25) is 4.90 Å². The maximum Gasteiger partial charge on any atom is 0.0513 e. The first kappa shape index (κ1) is 12.3. The van der Waals surface area contributed by atoms with Gasteiger partial charge >= 0.3 is 0 Å². The number of rotatable bonds is 4. The molecule has 2 rings (SSSR count). The topological polar surface area (TPSA) is 38.5 Å². The first-order valence-electron chi connectivity index (χ1n) is 6.77. The van der Waals surface area contributed by atoms with Crippen LogP contribution in [0.3, 0.4) is 0 Å². The van der Waals surface area contributed by atoms with Gasteiger partial charge in [0.15, 0.2) is 0 Å². The van der Waals surface area contributed by atoms with Gasteiger partial charge in [0, 0.05) is 30.7 Å². The highest BCUT2D eigenvalue weighted by atomic mass is 16.5. The van der Waals surface area contributed by atoms with E-state index in [0.717, 1.165) is 25.8 Å². The number of hydrogen-bond acceptors (Lipinski definition) is 3. The van der Waals surface area contributed by atoms with E-state index in [4.69, 9.17) is 10.5 Å². The molecule has 0 amide bonds. The number of ether oxygens (including phenoxy) is 1. The van der Waals surface area contributed by atoms with E-state index in [-0.39, 0.29) is 5.54 Å². The number of nitrogens with zero attached hydrogens (tertiary/aromatic N) is 1. The van der Waals surface area contributed by atoms with Crippen molar-refractivity contribution in [2.24, 2.45) is 11.7 Å². The van der Waals surface area contributed by atoms with Crippen molar-refractivity contribution >= 4 is 0 Å². The Kier molecular flexibility index (Phi) is 3.88. The Balaban J connectivity index is 2.12. The summed E-state index contributed by atoms with van der Waals surface area (Å²) < 4.78 is 5.55. The lowest BCUT2D eigenvalue weighted by Gasteiger charge is -2.45. The lowest BCUT2D eigenvalue weighted by Crippen LogP contribution is -2.58. The zero-order chi connectivity index (χ0) is 11.6. The van der Waals surface area contributed by atoms with Crippen LogP contribution in [0, 0.1) is 5.92 Å². The van der Waals surface area contributed by atoms with E-state index in [1.807, 2.05) is 0 Å². The van der Waals surface area contributed by atoms with Crippen molar-refractivity contribution in [1.29, 1.82) is 0 Å². The highest BCUT2D eigenvalue weighted by Crippen LogP contribution is 2.36. The van der Waals surface area contributed by atoms with E-state index < -0.39 is 0 Å². The summed E-state index contributed by atoms with van der Waals surface area (Å²) in [4.78, 5) is 2.67. The summed E-state index contributed by atoms with van der Waals surface area (Å²) in [6.45, 7) is 8.46. The van der Waals surface area contributed by atoms with Crippen molar-refractivity contribution in [2.75, 3.05) is 26.3 Å². The fraction of sp³-hybridized carbons (Fsp3) is 1.00. The summed E-state index contributed by atoms with van der Waals surface area (Å²) in [5, 5.41) is 0. The summed E-state index contributed by atoms with van der Waals surface area (Å²) >= 11 is 0. The van der Waals surface area contributed by atoms with E-state index in [9.17, 15) is 0 Å². The fourth-order valence-electron chi connectivity index (χ4n) is 3.48. The highest BCUT2D eigenvalue weighted by Gasteiger charge is 2.44. The van der Waals surface area contributed by atoms with Crippen LogP contribution in [0.5, 0.6) is 0 Å². The molecule has 0 aromatic heterocycles. The largest absolute Gasteiger partial charge is 0.381 e. The van der Waals surface area contributed by atoms with Gasteiger partial charge in [0.25, 0.3) is 0 Å². The summed E-state index contributed by atoms with van der Waals surface area (Å²) in [5.74, 6) is 0.629. The molecule has 0 bridgehead atoms. The first-order valence-corrected chi connectivity index (χ1v) is 6.77. The lowest BCUT2D eigenvalue weighted by atomic mass is 9.82. The molecule has 2 fully saturated rings. The Morgan fingerprint density at radius 1 is 1.44 bits per heavy atom. The second-order valence-electron chi connectivity index (χ2n) is 5.52. The molecule has 3 heteroatoms. The Labute approximate surface area is 99.3 Å². The number of nitrogens with two attached hydrogens (primary N) is 1. The van der Waals surface area contributed by atoms with Crippen molar-refractivity contribution in [3.8, 4) is 0 Å². The third-order valence-corrected chi connectivity index (χ3v) is 4.73. The van der Waals surface area contributed by atoms with Gasteiger partial charge in [-0.1, -0.05) is 6.92 Å². The van der Waals surface area contributed by atoms with Gasteiger partial charge < -0.3 is 10.5 Å². The Morgan fingerprint density at radius 2 is 2.25 bits per heavy atom. The molecule has 94 valence electrons. The number of hydrogen-bond donors (Lipinski definition) is 1. The van der Waals surface area contributed by atoms with Crippen LogP contribution in [0.4, 0.5) is 0 Å². The van der Waals surface area contributed by atoms with Crippen LogP contribution in [0.1, 0.15) is 39.5 Å². The summed E-state index contributed by atoms with van der Waals surface area (Å²) in [6, 6.07) is 0.745. The molecule has 0 spiro atoms. The predicted octanol–water partition coefficient (Wildman–Crippen LogP) is 1.61. The van der Waals surface area contributed by atoms with Gasteiger partial charge in [0.05, 0.1) is 6.61 Å². The van der Waals surface area contributed by atoms with Crippen LogP contribution in [0.25, 0.3) is 0 Å². The van der Waals surface area contributed by atoms with E-state index in [0.29, 0.717) is 5.92 Å². The quantitative estimate of drug-likeness (QED) is 0.791. The molecule has 2 aliphatic rings. The molecule has 0 radical (unpaired) electrons. The molecule has 2 N–H and O–H groups in total. The predicted molar refractivity (Wildman–Crippen MR) is 66.4 cm³/mol. The molecule has 16 heavy (non-hydrogen) atoms. The van der Waals surface area contributed by atoms with Gasteiger partial charge in [-0.05, 0) is 39.2 Å². The number of likely N-dealkylation sites (tertiary alicyclic amines) is 1. The standard InChI is InChI=1S/C13H26N2O/c1-3-12-5-4-7-15(12)13(2,10-14)11-6-8-16-9-11/h11-12H,3-10,14H2,1-2H3. The van der Waals surface area contributed by atoms with Crippen LogP contribution in [0.2, 0.25) is 0 Å². The lowest BCUT2D eigenvalue weighted by molar-refractivity contribution is 0.0338. The average Bonchev–Trinajstić information content (AvgIpc) is 2.98. The minimum atomic E-state index is 0.160. The maximum atomic E-state index is 6.09. The van der Waals surface area contributed by atoms with Gasteiger partial charge in [0.2, 0.25) is 0 Å². The van der Waals surface area contributed by atoms with Crippen molar-refractivity contribution in [3.05, 3.63) is 0 Å². The zero-order valence-electron chi connectivity index (χ0n) is 10.7. The highest BCUT2D eigenvalue weighted by molar-refractivity contribution is 4.99. The van der Waals surface area contributed by atoms with E-state index >= 15 is 0 Å². The summed E-state index contributed by atoms with van der Waals surface area (Å²) in [5.41, 5.74) is 6.25. The molecule has 2 heterocycles. The first-order chi connectivity index (χ1) is 7.72. The van der Waals surface area contributed by atoms with Gasteiger partial charge in [-0.2, -0.15) is 0 Å². The Bertz CT molecular complexity index is 228. The molecular formula is C13H26N2O. The molecule has 0 aliphatic carbocycles. The summed E-state index contributed by atoms with van der Waals surface area (Å²) in [7, 11) is 0. The van der Waals surface area contributed by atoms with E-state index in [1.54, 1.807) is 0 Å². The monoisotopic (exact) mass is 226 g/mol. The molecule has 3 unspecified atom stereocenters. The molecule has 3 nitrogen and oxygen atoms in total. The van der Waals surface area contributed by atoms with Crippen LogP contribution >= 0.6 is 0 Å². The maximum absolute atomic E-state index is 6.09. The molecule has 2 saturated heterocycles. The van der Waals surface area contributed by atoms with Crippen LogP contribution in [-0.2, 0) is 4.74 Å². The van der Waals surface area contributed by atoms with Gasteiger partial charge in [-0.25, -0.2) is 0 Å². The molecular weight excluding hydrogens is 200 g/mol.